The Hall–Kier alpha value is -1.99. The van der Waals surface area contributed by atoms with Crippen LogP contribution in [0.1, 0.15) is 10.4 Å². The Bertz CT molecular complexity index is 954. The standard InChI is InChI=1S/C17H13BrN2O3S/c1-24-17-19-12-8-14-15(23-6-5-22-14)9-13(12)20(17)16(21)10-3-2-4-11(18)7-10/h2-4,7-9H,5-6H2,1H3. The van der Waals surface area contributed by atoms with Crippen molar-refractivity contribution in [3.05, 3.63) is 46.4 Å². The quantitative estimate of drug-likeness (QED) is 0.604. The van der Waals surface area contributed by atoms with Crippen LogP contribution in [0.4, 0.5) is 0 Å². The zero-order valence-corrected chi connectivity index (χ0v) is 15.2. The predicted octanol–water partition coefficient (Wildman–Crippen LogP) is 3.98. The van der Waals surface area contributed by atoms with E-state index in [1.54, 1.807) is 16.7 Å². The van der Waals surface area contributed by atoms with Crippen molar-refractivity contribution in [1.82, 2.24) is 9.55 Å². The third-order valence-electron chi connectivity index (χ3n) is 3.74. The van der Waals surface area contributed by atoms with Gasteiger partial charge in [0.15, 0.2) is 16.7 Å². The van der Waals surface area contributed by atoms with Gasteiger partial charge in [-0.3, -0.25) is 9.36 Å². The molecule has 0 atom stereocenters. The molecule has 1 aliphatic rings. The van der Waals surface area contributed by atoms with Crippen LogP contribution in [0.15, 0.2) is 46.0 Å². The molecule has 0 saturated carbocycles. The number of carbonyl (C=O) groups excluding carboxylic acids is 1. The molecule has 0 spiro atoms. The molecule has 7 heteroatoms. The molecular weight excluding hydrogens is 392 g/mol. The van der Waals surface area contributed by atoms with Crippen molar-refractivity contribution >= 4 is 44.6 Å². The van der Waals surface area contributed by atoms with Gasteiger partial charge in [0.25, 0.3) is 5.91 Å². The van der Waals surface area contributed by atoms with Gasteiger partial charge in [-0.15, -0.1) is 0 Å². The van der Waals surface area contributed by atoms with Crippen molar-refractivity contribution in [2.45, 2.75) is 5.16 Å². The number of nitrogens with zero attached hydrogens (tertiary/aromatic N) is 2. The Balaban J connectivity index is 1.91. The summed E-state index contributed by atoms with van der Waals surface area (Å²) in [6, 6.07) is 11.0. The van der Waals surface area contributed by atoms with Gasteiger partial charge in [0.05, 0.1) is 11.0 Å². The highest BCUT2D eigenvalue weighted by atomic mass is 79.9. The van der Waals surface area contributed by atoms with Crippen LogP contribution in [-0.2, 0) is 0 Å². The molecule has 122 valence electrons. The lowest BCUT2D eigenvalue weighted by molar-refractivity contribution is 0.0955. The number of hydrogen-bond donors (Lipinski definition) is 0. The third-order valence-corrected chi connectivity index (χ3v) is 4.88. The van der Waals surface area contributed by atoms with Crippen molar-refractivity contribution < 1.29 is 14.3 Å². The molecule has 1 aliphatic heterocycles. The minimum absolute atomic E-state index is 0.125. The normalized spacial score (nSPS) is 13.2. The minimum Gasteiger partial charge on any atom is -0.486 e. The zero-order chi connectivity index (χ0) is 16.7. The second-order valence-electron chi connectivity index (χ2n) is 5.23. The molecule has 0 unspecified atom stereocenters. The number of thioether (sulfide) groups is 1. The van der Waals surface area contributed by atoms with Gasteiger partial charge in [0.2, 0.25) is 0 Å². The van der Waals surface area contributed by atoms with E-state index < -0.39 is 0 Å². The fourth-order valence-electron chi connectivity index (χ4n) is 2.68. The number of imidazole rings is 1. The Labute approximate surface area is 151 Å². The molecule has 0 radical (unpaired) electrons. The van der Waals surface area contributed by atoms with Crippen LogP contribution >= 0.6 is 27.7 Å². The summed E-state index contributed by atoms with van der Waals surface area (Å²) in [4.78, 5) is 17.6. The monoisotopic (exact) mass is 404 g/mol. The largest absolute Gasteiger partial charge is 0.486 e. The molecule has 4 rings (SSSR count). The first kappa shape index (κ1) is 15.5. The van der Waals surface area contributed by atoms with Gasteiger partial charge in [-0.05, 0) is 24.5 Å². The maximum Gasteiger partial charge on any atom is 0.264 e. The van der Waals surface area contributed by atoms with Crippen molar-refractivity contribution in [2.75, 3.05) is 19.5 Å². The minimum atomic E-state index is -0.125. The lowest BCUT2D eigenvalue weighted by atomic mass is 10.2. The van der Waals surface area contributed by atoms with Crippen LogP contribution in [0.5, 0.6) is 11.5 Å². The molecule has 3 aromatic rings. The Kier molecular flexibility index (Phi) is 3.97. The van der Waals surface area contributed by atoms with E-state index in [2.05, 4.69) is 20.9 Å². The van der Waals surface area contributed by atoms with Crippen molar-refractivity contribution in [1.29, 1.82) is 0 Å². The lowest BCUT2D eigenvalue weighted by Crippen LogP contribution is -2.16. The lowest BCUT2D eigenvalue weighted by Gasteiger charge is -2.18. The molecule has 0 saturated heterocycles. The molecule has 0 bridgehead atoms. The summed E-state index contributed by atoms with van der Waals surface area (Å²) in [5.41, 5.74) is 2.02. The van der Waals surface area contributed by atoms with Gasteiger partial charge in [0.1, 0.15) is 13.2 Å². The van der Waals surface area contributed by atoms with Crippen LogP contribution in [0.25, 0.3) is 11.0 Å². The number of carbonyl (C=O) groups is 1. The summed E-state index contributed by atoms with van der Waals surface area (Å²) in [5, 5.41) is 0.636. The zero-order valence-electron chi connectivity index (χ0n) is 12.8. The van der Waals surface area contributed by atoms with Gasteiger partial charge >= 0.3 is 0 Å². The highest BCUT2D eigenvalue weighted by Crippen LogP contribution is 2.36. The van der Waals surface area contributed by atoms with Crippen LogP contribution in [0, 0.1) is 0 Å². The number of aromatic nitrogens is 2. The predicted molar refractivity (Wildman–Crippen MR) is 96.4 cm³/mol. The molecule has 0 fully saturated rings. The first-order chi connectivity index (χ1) is 11.7. The molecule has 2 aromatic carbocycles. The van der Waals surface area contributed by atoms with E-state index in [-0.39, 0.29) is 5.91 Å². The van der Waals surface area contributed by atoms with E-state index >= 15 is 0 Å². The van der Waals surface area contributed by atoms with Gasteiger partial charge in [-0.2, -0.15) is 0 Å². The number of benzene rings is 2. The van der Waals surface area contributed by atoms with Crippen molar-refractivity contribution in [2.24, 2.45) is 0 Å². The SMILES string of the molecule is CSc1nc2cc3c(cc2n1C(=O)c1cccc(Br)c1)OCCO3. The van der Waals surface area contributed by atoms with E-state index in [4.69, 9.17) is 9.47 Å². The number of hydrogen-bond acceptors (Lipinski definition) is 5. The van der Waals surface area contributed by atoms with E-state index in [0.717, 1.165) is 4.47 Å². The van der Waals surface area contributed by atoms with Crippen molar-refractivity contribution in [3.63, 3.8) is 0 Å². The summed E-state index contributed by atoms with van der Waals surface area (Å²) in [6.07, 6.45) is 1.90. The summed E-state index contributed by atoms with van der Waals surface area (Å²) < 4.78 is 13.7. The maximum absolute atomic E-state index is 13.0. The number of halogens is 1. The first-order valence-corrected chi connectivity index (χ1v) is 9.35. The first-order valence-electron chi connectivity index (χ1n) is 7.34. The highest BCUT2D eigenvalue weighted by molar-refractivity contribution is 9.10. The number of fused-ring (bicyclic) bond motifs is 2. The van der Waals surface area contributed by atoms with Crippen LogP contribution in [-0.4, -0.2) is 34.9 Å². The highest BCUT2D eigenvalue weighted by Gasteiger charge is 2.22. The fraction of sp³-hybridized carbons (Fsp3) is 0.176. The van der Waals surface area contributed by atoms with E-state index in [1.165, 1.54) is 11.8 Å². The summed E-state index contributed by atoms with van der Waals surface area (Å²) in [6.45, 7) is 1.02. The Morgan fingerprint density at radius 3 is 2.67 bits per heavy atom. The second-order valence-corrected chi connectivity index (χ2v) is 6.92. The van der Waals surface area contributed by atoms with E-state index in [1.807, 2.05) is 30.5 Å². The Morgan fingerprint density at radius 2 is 1.96 bits per heavy atom. The smallest absolute Gasteiger partial charge is 0.264 e. The summed E-state index contributed by atoms with van der Waals surface area (Å²) in [5.74, 6) is 1.19. The van der Waals surface area contributed by atoms with Crippen LogP contribution in [0.2, 0.25) is 0 Å². The van der Waals surface area contributed by atoms with Gasteiger partial charge in [0, 0.05) is 22.2 Å². The molecule has 2 heterocycles. The van der Waals surface area contributed by atoms with Gasteiger partial charge < -0.3 is 9.47 Å². The molecule has 0 N–H and O–H groups in total. The average Bonchev–Trinajstić information content (AvgIpc) is 2.96. The Morgan fingerprint density at radius 1 is 1.21 bits per heavy atom. The molecule has 24 heavy (non-hydrogen) atoms. The summed E-state index contributed by atoms with van der Waals surface area (Å²) >= 11 is 4.84. The van der Waals surface area contributed by atoms with Gasteiger partial charge in [-0.25, -0.2) is 4.98 Å². The summed E-state index contributed by atoms with van der Waals surface area (Å²) in [7, 11) is 0. The molecule has 5 nitrogen and oxygen atoms in total. The third kappa shape index (κ3) is 2.57. The number of rotatable bonds is 2. The molecule has 0 amide bonds. The maximum atomic E-state index is 13.0. The van der Waals surface area contributed by atoms with Crippen LogP contribution < -0.4 is 9.47 Å². The number of ether oxygens (including phenoxy) is 2. The average molecular weight is 405 g/mol. The van der Waals surface area contributed by atoms with Crippen LogP contribution in [0.3, 0.4) is 0 Å². The topological polar surface area (TPSA) is 53.4 Å². The molecular formula is C17H13BrN2O3S. The van der Waals surface area contributed by atoms with E-state index in [9.17, 15) is 4.79 Å². The fourth-order valence-corrected chi connectivity index (χ4v) is 3.63. The van der Waals surface area contributed by atoms with Gasteiger partial charge in [-0.1, -0.05) is 33.8 Å². The molecule has 1 aromatic heterocycles. The molecule has 0 aliphatic carbocycles. The second kappa shape index (κ2) is 6.14. The van der Waals surface area contributed by atoms with E-state index in [0.29, 0.717) is 46.5 Å². The van der Waals surface area contributed by atoms with Crippen molar-refractivity contribution in [3.8, 4) is 11.5 Å².